The quantitative estimate of drug-likeness (QED) is 0.814. The molecule has 0 spiro atoms. The Bertz CT molecular complexity index is 324. The second-order valence-corrected chi connectivity index (χ2v) is 4.43. The van der Waals surface area contributed by atoms with Crippen LogP contribution in [0.2, 0.25) is 0 Å². The number of amides is 1. The van der Waals surface area contributed by atoms with Crippen molar-refractivity contribution in [2.75, 3.05) is 6.54 Å². The molecule has 0 aliphatic carbocycles. The van der Waals surface area contributed by atoms with Gasteiger partial charge in [-0.3, -0.25) is 4.79 Å². The van der Waals surface area contributed by atoms with Crippen LogP contribution in [0.25, 0.3) is 0 Å². The largest absolute Gasteiger partial charge is 0.356 e. The van der Waals surface area contributed by atoms with E-state index in [0.717, 1.165) is 6.42 Å². The molecule has 1 atom stereocenters. The molecule has 0 heterocycles. The molecule has 0 radical (unpaired) electrons. The van der Waals surface area contributed by atoms with E-state index in [-0.39, 0.29) is 13.3 Å². The number of hydrogen-bond acceptors (Lipinski definition) is 1. The second kappa shape index (κ2) is 6.31. The minimum atomic E-state index is 0. The Hall–Kier alpha value is -1.31. The fraction of sp³-hybridized carbons (Fsp3) is 0.500. The third-order valence-electron chi connectivity index (χ3n) is 2.79. The van der Waals surface area contributed by atoms with Crippen LogP contribution in [0.4, 0.5) is 0 Å². The van der Waals surface area contributed by atoms with Gasteiger partial charge >= 0.3 is 0 Å². The lowest BCUT2D eigenvalue weighted by Crippen LogP contribution is -2.34. The van der Waals surface area contributed by atoms with Crippen LogP contribution in [0, 0.1) is 11.8 Å². The van der Waals surface area contributed by atoms with Gasteiger partial charge < -0.3 is 5.32 Å². The summed E-state index contributed by atoms with van der Waals surface area (Å²) in [6.07, 6.45) is 0.824. The maximum Gasteiger partial charge on any atom is 0.223 e. The molecule has 1 unspecified atom stereocenters. The topological polar surface area (TPSA) is 29.1 Å². The smallest absolute Gasteiger partial charge is 0.223 e. The number of carbonyl (C=O) groups excluding carboxylic acids is 1. The van der Waals surface area contributed by atoms with Crippen molar-refractivity contribution in [3.8, 4) is 0 Å². The van der Waals surface area contributed by atoms with E-state index in [1.54, 1.807) is 0 Å². The first-order valence-corrected chi connectivity index (χ1v) is 5.96. The van der Waals surface area contributed by atoms with Gasteiger partial charge in [0.1, 0.15) is 0 Å². The molecule has 0 aliphatic heterocycles. The van der Waals surface area contributed by atoms with Crippen molar-refractivity contribution in [3.63, 3.8) is 0 Å². The summed E-state index contributed by atoms with van der Waals surface area (Å²) in [5.74, 6) is 0.607. The molecule has 16 heavy (non-hydrogen) atoms. The van der Waals surface area contributed by atoms with Gasteiger partial charge in [-0.15, -0.1) is 0 Å². The van der Waals surface area contributed by atoms with Crippen molar-refractivity contribution >= 4 is 5.91 Å². The van der Waals surface area contributed by atoms with Crippen LogP contribution in [-0.2, 0) is 11.2 Å². The molecule has 90 valence electrons. The maximum absolute atomic E-state index is 11.9. The minimum absolute atomic E-state index is 0. The molecule has 0 fully saturated rings. The van der Waals surface area contributed by atoms with Crippen molar-refractivity contribution in [1.82, 2.24) is 5.32 Å². The number of benzene rings is 1. The zero-order chi connectivity index (χ0) is 12.0. The van der Waals surface area contributed by atoms with Crippen molar-refractivity contribution in [2.45, 2.75) is 27.2 Å². The highest BCUT2D eigenvalue weighted by Gasteiger charge is 2.21. The summed E-state index contributed by atoms with van der Waals surface area (Å²) in [6, 6.07) is 10.2. The number of hydrogen-bond donors (Lipinski definition) is 1. The molecule has 0 saturated heterocycles. The van der Waals surface area contributed by atoms with Crippen LogP contribution < -0.4 is 5.32 Å². The summed E-state index contributed by atoms with van der Waals surface area (Å²) >= 11 is 0. The maximum atomic E-state index is 11.9. The SMILES string of the molecule is CCNC(=O)C(Cc1ccccc1)C(C)C.[HH]. The van der Waals surface area contributed by atoms with Gasteiger partial charge in [0.15, 0.2) is 0 Å². The third-order valence-corrected chi connectivity index (χ3v) is 2.79. The fourth-order valence-electron chi connectivity index (χ4n) is 1.80. The molecule has 1 aromatic carbocycles. The van der Waals surface area contributed by atoms with E-state index in [9.17, 15) is 4.79 Å². The summed E-state index contributed by atoms with van der Waals surface area (Å²) in [7, 11) is 0. The summed E-state index contributed by atoms with van der Waals surface area (Å²) in [6.45, 7) is 6.86. The molecule has 1 aromatic rings. The Morgan fingerprint density at radius 3 is 2.44 bits per heavy atom. The summed E-state index contributed by atoms with van der Waals surface area (Å²) < 4.78 is 0. The first kappa shape index (κ1) is 12.8. The Balaban J connectivity index is 0.00000256. The lowest BCUT2D eigenvalue weighted by molar-refractivity contribution is -0.126. The number of nitrogens with one attached hydrogen (secondary N) is 1. The monoisotopic (exact) mass is 221 g/mol. The molecule has 1 N–H and O–H groups in total. The lowest BCUT2D eigenvalue weighted by Gasteiger charge is -2.19. The van der Waals surface area contributed by atoms with E-state index in [1.165, 1.54) is 5.56 Å². The van der Waals surface area contributed by atoms with Crippen LogP contribution in [0.5, 0.6) is 0 Å². The predicted octanol–water partition coefficient (Wildman–Crippen LogP) is 2.88. The average molecular weight is 221 g/mol. The number of carbonyl (C=O) groups is 1. The van der Waals surface area contributed by atoms with Crippen LogP contribution in [0.1, 0.15) is 27.8 Å². The van der Waals surface area contributed by atoms with Gasteiger partial charge in [0.05, 0.1) is 0 Å². The van der Waals surface area contributed by atoms with Crippen LogP contribution >= 0.6 is 0 Å². The summed E-state index contributed by atoms with van der Waals surface area (Å²) in [5.41, 5.74) is 1.23. The van der Waals surface area contributed by atoms with Crippen molar-refractivity contribution in [1.29, 1.82) is 0 Å². The molecule has 0 aliphatic rings. The van der Waals surface area contributed by atoms with Gasteiger partial charge in [0, 0.05) is 13.9 Å². The zero-order valence-electron chi connectivity index (χ0n) is 10.4. The molecule has 1 rings (SSSR count). The Morgan fingerprint density at radius 1 is 1.31 bits per heavy atom. The standard InChI is InChI=1S/C14H21NO.H2/c1-4-15-14(16)13(11(2)3)10-12-8-6-5-7-9-12;/h5-9,11,13H,4,10H2,1-3H3,(H,15,16);1H. The van der Waals surface area contributed by atoms with Crippen LogP contribution in [0.3, 0.4) is 0 Å². The van der Waals surface area contributed by atoms with Crippen molar-refractivity contribution in [3.05, 3.63) is 35.9 Å². The molecular weight excluding hydrogens is 198 g/mol. The first-order chi connectivity index (χ1) is 7.65. The van der Waals surface area contributed by atoms with E-state index in [1.807, 2.05) is 25.1 Å². The molecule has 0 aromatic heterocycles. The molecule has 0 bridgehead atoms. The van der Waals surface area contributed by atoms with Gasteiger partial charge in [0.2, 0.25) is 5.91 Å². The van der Waals surface area contributed by atoms with Crippen molar-refractivity contribution in [2.24, 2.45) is 11.8 Å². The fourth-order valence-corrected chi connectivity index (χ4v) is 1.80. The van der Waals surface area contributed by atoms with Gasteiger partial charge in [-0.05, 0) is 24.8 Å². The van der Waals surface area contributed by atoms with Crippen LogP contribution in [0.15, 0.2) is 30.3 Å². The van der Waals surface area contributed by atoms with E-state index >= 15 is 0 Å². The van der Waals surface area contributed by atoms with E-state index in [2.05, 4.69) is 31.3 Å². The van der Waals surface area contributed by atoms with Crippen molar-refractivity contribution < 1.29 is 6.22 Å². The highest BCUT2D eigenvalue weighted by molar-refractivity contribution is 5.79. The van der Waals surface area contributed by atoms with Gasteiger partial charge in [-0.1, -0.05) is 44.2 Å². The highest BCUT2D eigenvalue weighted by atomic mass is 16.1. The molecular formula is C14H23NO. The third kappa shape index (κ3) is 3.69. The molecule has 2 heteroatoms. The summed E-state index contributed by atoms with van der Waals surface area (Å²) in [4.78, 5) is 11.9. The molecule has 0 saturated carbocycles. The Kier molecular flexibility index (Phi) is 5.03. The van der Waals surface area contributed by atoms with Crippen LogP contribution in [-0.4, -0.2) is 12.5 Å². The second-order valence-electron chi connectivity index (χ2n) is 4.43. The van der Waals surface area contributed by atoms with Gasteiger partial charge in [0.25, 0.3) is 0 Å². The summed E-state index contributed by atoms with van der Waals surface area (Å²) in [5, 5.41) is 2.91. The van der Waals surface area contributed by atoms with E-state index in [4.69, 9.17) is 0 Å². The van der Waals surface area contributed by atoms with Gasteiger partial charge in [-0.25, -0.2) is 0 Å². The highest BCUT2D eigenvalue weighted by Crippen LogP contribution is 2.17. The minimum Gasteiger partial charge on any atom is -0.356 e. The van der Waals surface area contributed by atoms with E-state index < -0.39 is 0 Å². The zero-order valence-corrected chi connectivity index (χ0v) is 10.4. The Labute approximate surface area is 99.5 Å². The predicted molar refractivity (Wildman–Crippen MR) is 69.3 cm³/mol. The average Bonchev–Trinajstić information content (AvgIpc) is 2.27. The Morgan fingerprint density at radius 2 is 1.94 bits per heavy atom. The first-order valence-electron chi connectivity index (χ1n) is 5.96. The number of rotatable bonds is 5. The molecule has 2 nitrogen and oxygen atoms in total. The van der Waals surface area contributed by atoms with Gasteiger partial charge in [-0.2, -0.15) is 0 Å². The van der Waals surface area contributed by atoms with E-state index in [0.29, 0.717) is 12.5 Å². The lowest BCUT2D eigenvalue weighted by atomic mass is 9.88. The molecule has 1 amide bonds. The normalized spacial score (nSPS) is 12.5.